The molecule has 3 aromatic rings. The zero-order chi connectivity index (χ0) is 19.7. The van der Waals surface area contributed by atoms with Gasteiger partial charge in [-0.25, -0.2) is 15.2 Å². The van der Waals surface area contributed by atoms with E-state index in [0.717, 1.165) is 11.3 Å². The summed E-state index contributed by atoms with van der Waals surface area (Å²) >= 11 is 0. The number of anilines is 1. The zero-order valence-electron chi connectivity index (χ0n) is 15.2. The van der Waals surface area contributed by atoms with Gasteiger partial charge >= 0.3 is 5.97 Å². The van der Waals surface area contributed by atoms with Gasteiger partial charge in [-0.2, -0.15) is 0 Å². The normalized spacial score (nSPS) is 13.6. The average Bonchev–Trinajstić information content (AvgIpc) is 3.33. The van der Waals surface area contributed by atoms with Crippen LogP contribution in [0.4, 0.5) is 5.69 Å². The smallest absolute Gasteiger partial charge is 0.354 e. The molecule has 1 amide bonds. The van der Waals surface area contributed by atoms with Gasteiger partial charge in [0.05, 0.1) is 17.4 Å². The molecular weight excluding hydrogens is 358 g/mol. The number of fused-ring (bicyclic) bond motifs is 1. The fourth-order valence-corrected chi connectivity index (χ4v) is 3.15. The van der Waals surface area contributed by atoms with E-state index in [2.05, 4.69) is 21.8 Å². The Labute approximate surface area is 161 Å². The number of carbonyl (C=O) groups is 2. The highest BCUT2D eigenvalue weighted by Crippen LogP contribution is 2.18. The van der Waals surface area contributed by atoms with Crippen LogP contribution in [0.25, 0.3) is 5.65 Å². The van der Waals surface area contributed by atoms with Crippen molar-refractivity contribution < 1.29 is 14.7 Å². The van der Waals surface area contributed by atoms with Gasteiger partial charge in [-0.05, 0) is 42.3 Å². The van der Waals surface area contributed by atoms with Gasteiger partial charge in [0.2, 0.25) is 0 Å². The zero-order valence-corrected chi connectivity index (χ0v) is 15.2. The minimum Gasteiger partial charge on any atom is -0.477 e. The van der Waals surface area contributed by atoms with E-state index in [1.165, 1.54) is 16.2 Å². The molecule has 0 bridgehead atoms. The van der Waals surface area contributed by atoms with Crippen molar-refractivity contribution >= 4 is 23.2 Å². The van der Waals surface area contributed by atoms with Crippen molar-refractivity contribution in [2.24, 2.45) is 0 Å². The summed E-state index contributed by atoms with van der Waals surface area (Å²) in [5, 5.41) is 14.0. The van der Waals surface area contributed by atoms with E-state index in [0.29, 0.717) is 24.3 Å². The Balaban J connectivity index is 1.47. The highest BCUT2D eigenvalue weighted by atomic mass is 16.4. The summed E-state index contributed by atoms with van der Waals surface area (Å²) in [6.07, 6.45) is 4.79. The maximum Gasteiger partial charge on any atom is 0.354 e. The van der Waals surface area contributed by atoms with E-state index < -0.39 is 5.97 Å². The molecule has 0 radical (unpaired) electrons. The van der Waals surface area contributed by atoms with Crippen LogP contribution in [0.2, 0.25) is 0 Å². The lowest BCUT2D eigenvalue weighted by Crippen LogP contribution is -2.30. The number of aromatic carboxylic acids is 1. The molecule has 8 nitrogen and oxygen atoms in total. The number of pyridine rings is 1. The second-order valence-electron chi connectivity index (χ2n) is 6.58. The Kier molecular flexibility index (Phi) is 4.54. The molecule has 0 saturated carbocycles. The molecule has 0 spiro atoms. The van der Waals surface area contributed by atoms with Crippen molar-refractivity contribution in [3.05, 3.63) is 77.4 Å². The Morgan fingerprint density at radius 2 is 2.14 bits per heavy atom. The van der Waals surface area contributed by atoms with E-state index in [4.69, 9.17) is 0 Å². The molecule has 1 aliphatic rings. The topological polar surface area (TPSA) is 99.0 Å². The van der Waals surface area contributed by atoms with E-state index >= 15 is 0 Å². The summed E-state index contributed by atoms with van der Waals surface area (Å²) in [6.45, 7) is 3.04. The predicted octanol–water partition coefficient (Wildman–Crippen LogP) is 1.98. The molecule has 3 N–H and O–H groups in total. The molecular formula is C20H19N5O3. The Morgan fingerprint density at radius 1 is 1.29 bits per heavy atom. The fourth-order valence-electron chi connectivity index (χ4n) is 3.15. The van der Waals surface area contributed by atoms with Gasteiger partial charge in [0.25, 0.3) is 5.91 Å². The minimum absolute atomic E-state index is 0.0150. The van der Waals surface area contributed by atoms with Crippen LogP contribution < -0.4 is 15.8 Å². The van der Waals surface area contributed by atoms with Gasteiger partial charge < -0.3 is 10.4 Å². The first kappa shape index (κ1) is 17.7. The number of carbonyl (C=O) groups excluding carboxylic acids is 1. The molecule has 0 aliphatic carbocycles. The van der Waals surface area contributed by atoms with Crippen LogP contribution in [0, 0.1) is 6.92 Å². The van der Waals surface area contributed by atoms with Gasteiger partial charge in [0, 0.05) is 25.5 Å². The number of hydrazine groups is 1. The first-order chi connectivity index (χ1) is 13.5. The number of nitrogens with one attached hydrogen (secondary N) is 2. The third kappa shape index (κ3) is 3.33. The first-order valence-corrected chi connectivity index (χ1v) is 8.79. The molecule has 4 rings (SSSR count). The number of aryl methyl sites for hydroxylation is 1. The van der Waals surface area contributed by atoms with Crippen LogP contribution in [0.3, 0.4) is 0 Å². The van der Waals surface area contributed by atoms with Gasteiger partial charge in [-0.1, -0.05) is 12.1 Å². The van der Waals surface area contributed by atoms with Crippen LogP contribution in [-0.2, 0) is 0 Å². The molecule has 0 atom stereocenters. The highest BCUT2D eigenvalue weighted by Gasteiger charge is 2.18. The lowest BCUT2D eigenvalue weighted by molar-refractivity contribution is 0.0689. The molecule has 2 aromatic heterocycles. The number of nitrogens with zero attached hydrogens (tertiary/aromatic N) is 3. The average molecular weight is 377 g/mol. The maximum atomic E-state index is 12.6. The van der Waals surface area contributed by atoms with Gasteiger partial charge in [0.1, 0.15) is 5.65 Å². The van der Waals surface area contributed by atoms with Crippen LogP contribution in [-0.4, -0.2) is 39.5 Å². The number of rotatable bonds is 5. The molecule has 1 aliphatic heterocycles. The highest BCUT2D eigenvalue weighted by molar-refractivity contribution is 6.00. The van der Waals surface area contributed by atoms with Crippen LogP contribution in [0.1, 0.15) is 26.4 Å². The minimum atomic E-state index is -1.09. The number of benzene rings is 1. The molecule has 28 heavy (non-hydrogen) atoms. The standard InChI is InChI=1S/C20H19N5O3/c1-13-4-2-5-15(8-13)25-12-14(10-23-25)9-22-19(26)16-6-3-7-24-17(20(27)28)11-21-18(16)24/h2-8,11-12,23H,9-10H2,1H3,(H,22,26)(H,27,28). The molecule has 142 valence electrons. The molecule has 3 heterocycles. The monoisotopic (exact) mass is 377 g/mol. The second kappa shape index (κ2) is 7.16. The summed E-state index contributed by atoms with van der Waals surface area (Å²) < 4.78 is 1.40. The lowest BCUT2D eigenvalue weighted by Gasteiger charge is -2.16. The number of amides is 1. The van der Waals surface area contributed by atoms with Gasteiger partial charge in [0.15, 0.2) is 5.69 Å². The number of imidazole rings is 1. The number of carboxylic acid groups (broad SMARTS) is 1. The molecule has 8 heteroatoms. The molecule has 0 unspecified atom stereocenters. The van der Waals surface area contributed by atoms with E-state index in [9.17, 15) is 14.7 Å². The summed E-state index contributed by atoms with van der Waals surface area (Å²) in [6, 6.07) is 11.4. The Hall–Kier alpha value is -3.65. The van der Waals surface area contributed by atoms with Gasteiger partial charge in [-0.3, -0.25) is 14.2 Å². The van der Waals surface area contributed by atoms with Crippen molar-refractivity contribution in [2.45, 2.75) is 6.92 Å². The van der Waals surface area contributed by atoms with Crippen LogP contribution in [0.5, 0.6) is 0 Å². The summed E-state index contributed by atoms with van der Waals surface area (Å²) in [7, 11) is 0. The summed E-state index contributed by atoms with van der Waals surface area (Å²) in [5.41, 5.74) is 7.16. The summed E-state index contributed by atoms with van der Waals surface area (Å²) in [5.74, 6) is -1.40. The SMILES string of the molecule is Cc1cccc(N2C=C(CNC(=O)c3cccn4c(C(=O)O)cnc34)CN2)c1. The number of carboxylic acids is 1. The quantitative estimate of drug-likeness (QED) is 0.629. The molecule has 1 aromatic carbocycles. The number of hydrogen-bond donors (Lipinski definition) is 3. The maximum absolute atomic E-state index is 12.6. The van der Waals surface area contributed by atoms with E-state index in [1.54, 1.807) is 18.3 Å². The fraction of sp³-hybridized carbons (Fsp3) is 0.150. The number of hydrogen-bond acceptors (Lipinski definition) is 5. The van der Waals surface area contributed by atoms with Crippen molar-refractivity contribution in [1.82, 2.24) is 20.1 Å². The third-order valence-corrected chi connectivity index (χ3v) is 4.54. The molecule has 0 fully saturated rings. The van der Waals surface area contributed by atoms with Crippen molar-refractivity contribution in [1.29, 1.82) is 0 Å². The van der Waals surface area contributed by atoms with Gasteiger partial charge in [-0.15, -0.1) is 0 Å². The molecule has 0 saturated heterocycles. The predicted molar refractivity (Wildman–Crippen MR) is 104 cm³/mol. The van der Waals surface area contributed by atoms with Crippen molar-refractivity contribution in [3.63, 3.8) is 0 Å². The number of aromatic nitrogens is 2. The lowest BCUT2D eigenvalue weighted by atomic mass is 10.2. The van der Waals surface area contributed by atoms with Crippen molar-refractivity contribution in [2.75, 3.05) is 18.1 Å². The van der Waals surface area contributed by atoms with E-state index in [-0.39, 0.29) is 11.6 Å². The summed E-state index contributed by atoms with van der Waals surface area (Å²) in [4.78, 5) is 27.9. The third-order valence-electron chi connectivity index (χ3n) is 4.54. The Morgan fingerprint density at radius 3 is 2.93 bits per heavy atom. The van der Waals surface area contributed by atoms with Crippen LogP contribution >= 0.6 is 0 Å². The van der Waals surface area contributed by atoms with Crippen molar-refractivity contribution in [3.8, 4) is 0 Å². The second-order valence-corrected chi connectivity index (χ2v) is 6.58. The van der Waals surface area contributed by atoms with E-state index in [1.807, 2.05) is 36.3 Å². The van der Waals surface area contributed by atoms with Crippen LogP contribution in [0.15, 0.2) is 60.6 Å². The largest absolute Gasteiger partial charge is 0.477 e. The first-order valence-electron chi connectivity index (χ1n) is 8.79. The Bertz CT molecular complexity index is 1100.